The van der Waals surface area contributed by atoms with E-state index in [0.717, 1.165) is 76.1 Å². The van der Waals surface area contributed by atoms with Crippen molar-refractivity contribution in [2.24, 2.45) is 10.8 Å². The highest BCUT2D eigenvalue weighted by atomic mass is 32.1. The van der Waals surface area contributed by atoms with E-state index >= 15 is 8.78 Å². The number of aromatic nitrogens is 3. The maximum atomic E-state index is 18.0. The van der Waals surface area contributed by atoms with E-state index in [9.17, 15) is 14.9 Å². The molecule has 4 saturated heterocycles. The van der Waals surface area contributed by atoms with Gasteiger partial charge in [0.15, 0.2) is 11.6 Å². The summed E-state index contributed by atoms with van der Waals surface area (Å²) in [6.07, 6.45) is 3.34. The van der Waals surface area contributed by atoms with Crippen LogP contribution in [0.3, 0.4) is 0 Å². The van der Waals surface area contributed by atoms with E-state index in [4.69, 9.17) is 33.7 Å². The Morgan fingerprint density at radius 3 is 2.31 bits per heavy atom. The van der Waals surface area contributed by atoms with E-state index < -0.39 is 28.9 Å². The second-order valence-corrected chi connectivity index (χ2v) is 21.0. The highest BCUT2D eigenvalue weighted by molar-refractivity contribution is 7.23. The van der Waals surface area contributed by atoms with Gasteiger partial charge in [-0.1, -0.05) is 0 Å². The van der Waals surface area contributed by atoms with Crippen molar-refractivity contribution >= 4 is 55.3 Å². The number of benzene rings is 1. The molecule has 1 spiro atoms. The van der Waals surface area contributed by atoms with E-state index in [1.165, 1.54) is 0 Å². The van der Waals surface area contributed by atoms with Crippen molar-refractivity contribution in [1.29, 1.82) is 5.26 Å². The van der Waals surface area contributed by atoms with Crippen LogP contribution in [0.4, 0.5) is 29.2 Å². The molecule has 15 nitrogen and oxygen atoms in total. The molecular formula is C44H50F2N8O7S. The fraction of sp³-hybridized carbons (Fsp3) is 0.591. The number of anilines is 2. The molecule has 2 atom stereocenters. The monoisotopic (exact) mass is 872 g/mol. The molecule has 5 aliphatic heterocycles. The zero-order chi connectivity index (χ0) is 43.5. The Morgan fingerprint density at radius 2 is 1.68 bits per heavy atom. The fourth-order valence-electron chi connectivity index (χ4n) is 9.87. The van der Waals surface area contributed by atoms with Gasteiger partial charge < -0.3 is 38.4 Å². The predicted molar refractivity (Wildman–Crippen MR) is 225 cm³/mol. The van der Waals surface area contributed by atoms with Crippen molar-refractivity contribution in [2.75, 3.05) is 62.8 Å². The average Bonchev–Trinajstić information content (AvgIpc) is 3.44. The van der Waals surface area contributed by atoms with Crippen LogP contribution in [0.25, 0.3) is 32.2 Å². The van der Waals surface area contributed by atoms with Gasteiger partial charge in [-0.2, -0.15) is 15.2 Å². The highest BCUT2D eigenvalue weighted by Gasteiger charge is 2.54. The van der Waals surface area contributed by atoms with Crippen molar-refractivity contribution < 1.29 is 42.1 Å². The van der Waals surface area contributed by atoms with Crippen molar-refractivity contribution in [3.63, 3.8) is 0 Å². The van der Waals surface area contributed by atoms with Gasteiger partial charge in [0.05, 0.1) is 60.6 Å². The maximum Gasteiger partial charge on any atom is 0.412 e. The second kappa shape index (κ2) is 14.5. The number of nitrogens with one attached hydrogen (secondary N) is 1. The van der Waals surface area contributed by atoms with E-state index in [1.54, 1.807) is 25.7 Å². The molecule has 5 fully saturated rings. The number of hydrogen-bond acceptors (Lipinski definition) is 14. The Kier molecular flexibility index (Phi) is 9.64. The number of likely N-dealkylation sites (tertiary alicyclic amines) is 2. The molecule has 0 radical (unpaired) electrons. The number of hydrogen-bond donors (Lipinski definition) is 1. The molecule has 2 unspecified atom stereocenters. The quantitative estimate of drug-likeness (QED) is 0.185. The summed E-state index contributed by atoms with van der Waals surface area (Å²) in [5.74, 6) is -0.979. The molecule has 6 aliphatic rings. The molecule has 1 N–H and O–H groups in total. The number of carbonyl (C=O) groups is 2. The Hall–Kier alpha value is -4.96. The van der Waals surface area contributed by atoms with Crippen LogP contribution >= 0.6 is 11.3 Å². The molecule has 3 aromatic heterocycles. The molecule has 1 aromatic carbocycles. The first-order valence-corrected chi connectivity index (χ1v) is 22.1. The van der Waals surface area contributed by atoms with Gasteiger partial charge in [-0.3, -0.25) is 10.3 Å². The third-order valence-electron chi connectivity index (χ3n) is 12.7. The standard InChI is InChI=1S/C44H50F2N8O7S/c1-41(2,3)60-39(55)51-37-25(11-47)30-33(48-12-28(45)35(30)62-37)29-26-15-57-16-27(26)31-34(32(29)46)49-38(59-22-43(9-10-43)17-52-18-44(19-52)20-58-21-44)50-36(31)54-23-7-8-24(54)14-53(13-23)40(56)61-42(4,5)6/h12,23-24H,7-10,13-22H2,1-6H3,(H,51,55). The number of nitriles is 1. The van der Waals surface area contributed by atoms with Crippen LogP contribution in [0.15, 0.2) is 6.20 Å². The van der Waals surface area contributed by atoms with Gasteiger partial charge >= 0.3 is 18.2 Å². The molecule has 328 valence electrons. The Balaban J connectivity index is 1.08. The Labute approximate surface area is 361 Å². The normalized spacial score (nSPS) is 22.3. The topological polar surface area (TPSA) is 164 Å². The summed E-state index contributed by atoms with van der Waals surface area (Å²) in [4.78, 5) is 46.9. The summed E-state index contributed by atoms with van der Waals surface area (Å²) >= 11 is 0.844. The molecule has 10 rings (SSSR count). The zero-order valence-electron chi connectivity index (χ0n) is 35.8. The largest absolute Gasteiger partial charge is 0.463 e. The lowest BCUT2D eigenvalue weighted by Crippen LogP contribution is -2.66. The van der Waals surface area contributed by atoms with Gasteiger partial charge in [0, 0.05) is 66.6 Å². The number of pyridine rings is 1. The minimum absolute atomic E-state index is 0.0104. The smallest absolute Gasteiger partial charge is 0.412 e. The molecule has 18 heteroatoms. The molecule has 2 bridgehead atoms. The lowest BCUT2D eigenvalue weighted by atomic mass is 9.77. The minimum Gasteiger partial charge on any atom is -0.463 e. The zero-order valence-corrected chi connectivity index (χ0v) is 36.6. The minimum atomic E-state index is -0.836. The first-order valence-electron chi connectivity index (χ1n) is 21.3. The van der Waals surface area contributed by atoms with Gasteiger partial charge in [-0.15, -0.1) is 11.3 Å². The van der Waals surface area contributed by atoms with Gasteiger partial charge in [0.25, 0.3) is 0 Å². The van der Waals surface area contributed by atoms with E-state index in [1.807, 2.05) is 20.8 Å². The molecule has 1 aliphatic carbocycles. The van der Waals surface area contributed by atoms with Gasteiger partial charge in [0.2, 0.25) is 0 Å². The highest BCUT2D eigenvalue weighted by Crippen LogP contribution is 2.51. The van der Waals surface area contributed by atoms with Crippen LogP contribution in [0.5, 0.6) is 6.01 Å². The van der Waals surface area contributed by atoms with Crippen molar-refractivity contribution in [3.05, 3.63) is 34.5 Å². The molecule has 4 aromatic rings. The molecule has 62 heavy (non-hydrogen) atoms. The van der Waals surface area contributed by atoms with Crippen LogP contribution in [0, 0.1) is 33.8 Å². The van der Waals surface area contributed by atoms with E-state index in [2.05, 4.69) is 26.2 Å². The summed E-state index contributed by atoms with van der Waals surface area (Å²) in [6.45, 7) is 16.4. The van der Waals surface area contributed by atoms with Gasteiger partial charge in [-0.05, 0) is 78.4 Å². The van der Waals surface area contributed by atoms with E-state index in [-0.39, 0.29) is 85.7 Å². The average molecular weight is 873 g/mol. The summed E-state index contributed by atoms with van der Waals surface area (Å²) in [7, 11) is 0. The number of amides is 2. The number of piperazine rings is 1. The summed E-state index contributed by atoms with van der Waals surface area (Å²) < 4.78 is 62.9. The summed E-state index contributed by atoms with van der Waals surface area (Å²) in [6, 6.07) is 1.84. The van der Waals surface area contributed by atoms with Crippen LogP contribution in [-0.2, 0) is 32.2 Å². The van der Waals surface area contributed by atoms with Crippen molar-refractivity contribution in [2.45, 2.75) is 104 Å². The SMILES string of the molecule is CC(C)(C)OC(=O)Nc1sc2c(F)cnc(-c3c4c(c5c(N6C7CCC6CN(C(=O)OC(C)(C)C)C7)nc(OCC6(CN7CC8(COC8)C7)CC6)nc5c3F)COC4)c2c1C#N. The van der Waals surface area contributed by atoms with Crippen LogP contribution in [0.2, 0.25) is 0 Å². The molecular weight excluding hydrogens is 823 g/mol. The van der Waals surface area contributed by atoms with Gasteiger partial charge in [0.1, 0.15) is 33.6 Å². The lowest BCUT2D eigenvalue weighted by Gasteiger charge is -2.55. The summed E-state index contributed by atoms with van der Waals surface area (Å²) in [5, 5.41) is 13.6. The summed E-state index contributed by atoms with van der Waals surface area (Å²) in [5.41, 5.74) is -0.202. The van der Waals surface area contributed by atoms with Crippen molar-refractivity contribution in [1.82, 2.24) is 24.8 Å². The number of ether oxygens (including phenoxy) is 5. The maximum absolute atomic E-state index is 18.0. The first-order chi connectivity index (χ1) is 29.4. The number of thiophene rings is 1. The number of carbonyl (C=O) groups excluding carboxylic acids is 2. The number of fused-ring (bicyclic) bond motifs is 6. The Bertz CT molecular complexity index is 2550. The fourth-order valence-corrected chi connectivity index (χ4v) is 10.9. The first kappa shape index (κ1) is 41.1. The third-order valence-corrected chi connectivity index (χ3v) is 13.8. The third kappa shape index (κ3) is 7.24. The predicted octanol–water partition coefficient (Wildman–Crippen LogP) is 7.51. The number of rotatable bonds is 8. The molecule has 8 heterocycles. The number of nitrogens with zero attached hydrogens (tertiary/aromatic N) is 7. The Morgan fingerprint density at radius 1 is 0.984 bits per heavy atom. The molecule has 1 saturated carbocycles. The van der Waals surface area contributed by atoms with Gasteiger partial charge in [-0.25, -0.2) is 18.4 Å². The lowest BCUT2D eigenvalue weighted by molar-refractivity contribution is -0.192. The van der Waals surface area contributed by atoms with Crippen LogP contribution in [0.1, 0.15) is 83.9 Å². The van der Waals surface area contributed by atoms with Crippen LogP contribution in [-0.4, -0.2) is 113 Å². The van der Waals surface area contributed by atoms with Crippen molar-refractivity contribution in [3.8, 4) is 23.3 Å². The second-order valence-electron chi connectivity index (χ2n) is 20.0. The van der Waals surface area contributed by atoms with E-state index in [0.29, 0.717) is 42.0 Å². The van der Waals surface area contributed by atoms with Crippen LogP contribution < -0.4 is 15.0 Å². The number of halogens is 2. The molecule has 2 amide bonds.